The Hall–Kier alpha value is -1.64. The van der Waals surface area contributed by atoms with Crippen molar-refractivity contribution in [1.82, 2.24) is 0 Å². The molecule has 23 heavy (non-hydrogen) atoms. The van der Waals surface area contributed by atoms with Crippen LogP contribution in [0.5, 0.6) is 0 Å². The smallest absolute Gasteiger partial charge is 0.334 e. The molecule has 0 aromatic heterocycles. The Kier molecular flexibility index (Phi) is 4.07. The summed E-state index contributed by atoms with van der Waals surface area (Å²) in [5, 5.41) is 0. The highest BCUT2D eigenvalue weighted by molar-refractivity contribution is 5.93. The Morgan fingerprint density at radius 1 is 1.22 bits per heavy atom. The molecule has 0 fully saturated rings. The van der Waals surface area contributed by atoms with E-state index in [0.29, 0.717) is 18.8 Å². The quantitative estimate of drug-likeness (QED) is 0.495. The molecule has 3 rings (SSSR count). The van der Waals surface area contributed by atoms with Crippen LogP contribution in [-0.2, 0) is 14.3 Å². The summed E-state index contributed by atoms with van der Waals surface area (Å²) in [7, 11) is 0. The first-order valence-electron chi connectivity index (χ1n) is 8.60. The molecule has 0 N–H and O–H groups in total. The fourth-order valence-corrected chi connectivity index (χ4v) is 4.54. The molecule has 0 aromatic rings. The Morgan fingerprint density at radius 2 is 1.91 bits per heavy atom. The number of hydrogen-bond donors (Lipinski definition) is 0. The first-order chi connectivity index (χ1) is 10.8. The zero-order valence-corrected chi connectivity index (χ0v) is 14.4. The minimum atomic E-state index is -0.193. The van der Waals surface area contributed by atoms with Crippen molar-refractivity contribution in [2.24, 2.45) is 11.3 Å². The van der Waals surface area contributed by atoms with Gasteiger partial charge in [0.25, 0.3) is 0 Å². The van der Waals surface area contributed by atoms with E-state index in [4.69, 9.17) is 4.74 Å². The zero-order chi connectivity index (χ0) is 16.8. The summed E-state index contributed by atoms with van der Waals surface area (Å²) < 4.78 is 5.68. The Balaban J connectivity index is 2.03. The number of allylic oxidation sites excluding steroid dienone is 2. The van der Waals surface area contributed by atoms with E-state index in [1.807, 2.05) is 6.92 Å². The minimum absolute atomic E-state index is 0.0336. The Morgan fingerprint density at radius 3 is 2.65 bits per heavy atom. The average molecular weight is 314 g/mol. The van der Waals surface area contributed by atoms with Gasteiger partial charge in [-0.1, -0.05) is 31.6 Å². The van der Waals surface area contributed by atoms with E-state index in [-0.39, 0.29) is 23.3 Å². The van der Waals surface area contributed by atoms with Gasteiger partial charge in [-0.25, -0.2) is 4.79 Å². The SMILES string of the molecule is C=C1CC[C@@H]2CCC3=C([C@@H](C/C(C)=C\C(=O)C1)OC3=O)C2(C)C. The van der Waals surface area contributed by atoms with E-state index >= 15 is 0 Å². The summed E-state index contributed by atoms with van der Waals surface area (Å²) in [6.45, 7) is 10.5. The third-order valence-corrected chi connectivity index (χ3v) is 5.79. The maximum Gasteiger partial charge on any atom is 0.334 e. The van der Waals surface area contributed by atoms with Gasteiger partial charge >= 0.3 is 5.97 Å². The van der Waals surface area contributed by atoms with Crippen LogP contribution in [0.3, 0.4) is 0 Å². The molecule has 2 atom stereocenters. The molecule has 2 aliphatic carbocycles. The third-order valence-electron chi connectivity index (χ3n) is 5.79. The topological polar surface area (TPSA) is 43.4 Å². The van der Waals surface area contributed by atoms with Crippen LogP contribution in [0.1, 0.15) is 59.3 Å². The number of esters is 1. The van der Waals surface area contributed by atoms with E-state index in [2.05, 4.69) is 20.4 Å². The molecular weight excluding hydrogens is 288 g/mol. The molecule has 0 radical (unpaired) electrons. The van der Waals surface area contributed by atoms with E-state index in [1.165, 1.54) is 5.57 Å². The molecule has 3 aliphatic rings. The Bertz CT molecular complexity index is 633. The van der Waals surface area contributed by atoms with E-state index in [9.17, 15) is 9.59 Å². The van der Waals surface area contributed by atoms with E-state index in [1.54, 1.807) is 6.08 Å². The molecule has 124 valence electrons. The lowest BCUT2D eigenvalue weighted by molar-refractivity contribution is -0.139. The van der Waals surface area contributed by atoms with Crippen molar-refractivity contribution in [3.63, 3.8) is 0 Å². The molecule has 3 nitrogen and oxygen atoms in total. The number of carbonyl (C=O) groups is 2. The summed E-state index contributed by atoms with van der Waals surface area (Å²) in [5.74, 6) is 0.472. The molecule has 2 bridgehead atoms. The normalized spacial score (nSPS) is 33.5. The van der Waals surface area contributed by atoms with Gasteiger partial charge in [0, 0.05) is 18.4 Å². The van der Waals surface area contributed by atoms with Crippen LogP contribution in [0.4, 0.5) is 0 Å². The van der Waals surface area contributed by atoms with Gasteiger partial charge in [-0.15, -0.1) is 0 Å². The number of ether oxygens (including phenoxy) is 1. The van der Waals surface area contributed by atoms with E-state index < -0.39 is 0 Å². The van der Waals surface area contributed by atoms with Gasteiger partial charge in [0.05, 0.1) is 0 Å². The molecule has 0 amide bonds. The summed E-state index contributed by atoms with van der Waals surface area (Å²) in [5.41, 5.74) is 4.04. The number of carbonyl (C=O) groups excluding carboxylic acids is 2. The fourth-order valence-electron chi connectivity index (χ4n) is 4.54. The summed E-state index contributed by atoms with van der Waals surface area (Å²) in [6.07, 6.45) is 6.32. The number of fused-ring (bicyclic) bond motifs is 1. The van der Waals surface area contributed by atoms with E-state index in [0.717, 1.165) is 42.4 Å². The predicted octanol–water partition coefficient (Wildman–Crippen LogP) is 4.29. The van der Waals surface area contributed by atoms with Crippen LogP contribution in [0.2, 0.25) is 0 Å². The highest BCUT2D eigenvalue weighted by Crippen LogP contribution is 2.52. The monoisotopic (exact) mass is 314 g/mol. The van der Waals surface area contributed by atoms with Gasteiger partial charge in [-0.05, 0) is 55.6 Å². The molecule has 3 heteroatoms. The van der Waals surface area contributed by atoms with Crippen molar-refractivity contribution >= 4 is 11.8 Å². The second-order valence-corrected chi connectivity index (χ2v) is 7.87. The van der Waals surface area contributed by atoms with Crippen molar-refractivity contribution in [2.45, 2.75) is 65.4 Å². The lowest BCUT2D eigenvalue weighted by Crippen LogP contribution is -2.34. The zero-order valence-electron chi connectivity index (χ0n) is 14.4. The second-order valence-electron chi connectivity index (χ2n) is 7.87. The predicted molar refractivity (Wildman–Crippen MR) is 89.8 cm³/mol. The van der Waals surface area contributed by atoms with Crippen molar-refractivity contribution in [2.75, 3.05) is 0 Å². The Labute approximate surface area is 138 Å². The minimum Gasteiger partial charge on any atom is -0.454 e. The van der Waals surface area contributed by atoms with Gasteiger partial charge in [0.2, 0.25) is 0 Å². The molecule has 0 saturated carbocycles. The maximum absolute atomic E-state index is 12.3. The van der Waals surface area contributed by atoms with Crippen molar-refractivity contribution in [1.29, 1.82) is 0 Å². The summed E-state index contributed by atoms with van der Waals surface area (Å²) in [4.78, 5) is 24.4. The van der Waals surface area contributed by atoms with Crippen molar-refractivity contribution in [3.8, 4) is 0 Å². The van der Waals surface area contributed by atoms with Crippen LogP contribution in [0.15, 0.2) is 34.9 Å². The maximum atomic E-state index is 12.3. The lowest BCUT2D eigenvalue weighted by Gasteiger charge is -2.41. The van der Waals surface area contributed by atoms with Crippen LogP contribution >= 0.6 is 0 Å². The summed E-state index contributed by atoms with van der Waals surface area (Å²) >= 11 is 0. The van der Waals surface area contributed by atoms with Crippen LogP contribution in [0.25, 0.3) is 0 Å². The molecule has 0 spiro atoms. The molecule has 1 aliphatic heterocycles. The van der Waals surface area contributed by atoms with Gasteiger partial charge < -0.3 is 4.74 Å². The van der Waals surface area contributed by atoms with Gasteiger partial charge in [0.15, 0.2) is 5.78 Å². The largest absolute Gasteiger partial charge is 0.454 e. The van der Waals surface area contributed by atoms with Crippen molar-refractivity contribution in [3.05, 3.63) is 34.9 Å². The average Bonchev–Trinajstić information content (AvgIpc) is 2.73. The molecule has 0 unspecified atom stereocenters. The molecular formula is C20H26O3. The highest BCUT2D eigenvalue weighted by Gasteiger charge is 2.48. The number of rotatable bonds is 0. The summed E-state index contributed by atoms with van der Waals surface area (Å²) in [6, 6.07) is 0. The second kappa shape index (κ2) is 5.77. The third kappa shape index (κ3) is 2.93. The fraction of sp³-hybridized carbons (Fsp3) is 0.600. The number of ketones is 1. The highest BCUT2D eigenvalue weighted by atomic mass is 16.5. The van der Waals surface area contributed by atoms with Crippen molar-refractivity contribution < 1.29 is 14.3 Å². The van der Waals surface area contributed by atoms with Crippen LogP contribution in [0, 0.1) is 11.3 Å². The lowest BCUT2D eigenvalue weighted by atomic mass is 9.62. The molecule has 0 saturated heterocycles. The van der Waals surface area contributed by atoms with Gasteiger partial charge in [-0.3, -0.25) is 4.79 Å². The number of hydrogen-bond acceptors (Lipinski definition) is 3. The first kappa shape index (κ1) is 16.2. The first-order valence-corrected chi connectivity index (χ1v) is 8.60. The van der Waals surface area contributed by atoms with Gasteiger partial charge in [0.1, 0.15) is 6.10 Å². The molecule has 1 heterocycles. The van der Waals surface area contributed by atoms with Crippen LogP contribution < -0.4 is 0 Å². The standard InChI is InChI=1S/C20H26O3/c1-12-5-6-14-7-8-16-18(20(14,3)4)17(23-19(16)22)11-13(2)10-15(21)9-12/h10,14,17H,1,5-9,11H2,2-4H3/b13-10-/t14-,17-/m1/s1. The van der Waals surface area contributed by atoms with Crippen LogP contribution in [-0.4, -0.2) is 17.9 Å². The van der Waals surface area contributed by atoms with Gasteiger partial charge in [-0.2, -0.15) is 0 Å². The molecule has 0 aromatic carbocycles.